The molecule has 0 saturated carbocycles. The lowest BCUT2D eigenvalue weighted by Crippen LogP contribution is -2.13. The highest BCUT2D eigenvalue weighted by Crippen LogP contribution is 2.19. The average Bonchev–Trinajstić information content (AvgIpc) is 2.42. The molecule has 0 atom stereocenters. The largest absolute Gasteiger partial charge is 0.494 e. The van der Waals surface area contributed by atoms with Crippen LogP contribution in [-0.2, 0) is 10.0 Å². The molecule has 2 aromatic rings. The third-order valence-corrected chi connectivity index (χ3v) is 3.88. The minimum atomic E-state index is -3.64. The Morgan fingerprint density at radius 1 is 1.20 bits per heavy atom. The van der Waals surface area contributed by atoms with Gasteiger partial charge in [0.25, 0.3) is 10.0 Å². The van der Waals surface area contributed by atoms with E-state index in [1.165, 1.54) is 24.4 Å². The van der Waals surface area contributed by atoms with Crippen LogP contribution in [0, 0.1) is 0 Å². The van der Waals surface area contributed by atoms with Crippen LogP contribution < -0.4 is 15.2 Å². The monoisotopic (exact) mass is 293 g/mol. The molecular formula is C13H15N3O3S. The summed E-state index contributed by atoms with van der Waals surface area (Å²) in [5, 5.41) is 0. The first-order valence-electron chi connectivity index (χ1n) is 5.98. The Bertz CT molecular complexity index is 667. The Labute approximate surface area is 117 Å². The fraction of sp³-hybridized carbons (Fsp3) is 0.154. The Balaban J connectivity index is 2.19. The third-order valence-electron chi connectivity index (χ3n) is 2.48. The molecule has 1 heterocycles. The van der Waals surface area contributed by atoms with Crippen molar-refractivity contribution in [1.82, 2.24) is 4.98 Å². The fourth-order valence-electron chi connectivity index (χ4n) is 1.56. The van der Waals surface area contributed by atoms with Crippen LogP contribution in [0.15, 0.2) is 47.5 Å². The Morgan fingerprint density at radius 2 is 1.90 bits per heavy atom. The Hall–Kier alpha value is -2.28. The maximum Gasteiger partial charge on any atom is 0.261 e. The molecule has 0 aliphatic heterocycles. The summed E-state index contributed by atoms with van der Waals surface area (Å²) in [6.07, 6.45) is 1.36. The number of nitrogens with two attached hydrogens (primary N) is 1. The standard InChI is InChI=1S/C13H15N3O3S/c1-2-19-11-4-6-12(7-5-11)20(17,18)16-10-3-8-13(14)15-9-10/h3-9,16H,2H2,1H3,(H2,14,15). The molecule has 0 unspecified atom stereocenters. The number of nitrogens with zero attached hydrogens (tertiary/aromatic N) is 1. The lowest BCUT2D eigenvalue weighted by Gasteiger charge is -2.09. The molecule has 0 aliphatic carbocycles. The lowest BCUT2D eigenvalue weighted by atomic mass is 10.3. The van der Waals surface area contributed by atoms with E-state index in [2.05, 4.69) is 9.71 Å². The number of hydrogen-bond acceptors (Lipinski definition) is 5. The molecule has 0 amide bonds. The van der Waals surface area contributed by atoms with Crippen molar-refractivity contribution in [3.8, 4) is 5.75 Å². The van der Waals surface area contributed by atoms with Gasteiger partial charge in [-0.2, -0.15) is 0 Å². The van der Waals surface area contributed by atoms with Crippen LogP contribution in [0.4, 0.5) is 11.5 Å². The van der Waals surface area contributed by atoms with Crippen molar-refractivity contribution in [3.63, 3.8) is 0 Å². The summed E-state index contributed by atoms with van der Waals surface area (Å²) in [6, 6.07) is 9.26. The lowest BCUT2D eigenvalue weighted by molar-refractivity contribution is 0.340. The van der Waals surface area contributed by atoms with Crippen molar-refractivity contribution in [1.29, 1.82) is 0 Å². The number of hydrogen-bond donors (Lipinski definition) is 2. The van der Waals surface area contributed by atoms with Crippen LogP contribution in [0.5, 0.6) is 5.75 Å². The van der Waals surface area contributed by atoms with Crippen molar-refractivity contribution in [2.45, 2.75) is 11.8 Å². The molecule has 1 aromatic carbocycles. The first-order valence-corrected chi connectivity index (χ1v) is 7.47. The first-order chi connectivity index (χ1) is 9.51. The predicted octanol–water partition coefficient (Wildman–Crippen LogP) is 1.86. The molecule has 0 spiro atoms. The van der Waals surface area contributed by atoms with E-state index in [1.54, 1.807) is 18.2 Å². The molecule has 2 rings (SSSR count). The number of ether oxygens (including phenoxy) is 1. The third kappa shape index (κ3) is 3.39. The van der Waals surface area contributed by atoms with Crippen molar-refractivity contribution < 1.29 is 13.2 Å². The molecule has 0 saturated heterocycles. The highest BCUT2D eigenvalue weighted by atomic mass is 32.2. The second kappa shape index (κ2) is 5.79. The molecule has 0 bridgehead atoms. The fourth-order valence-corrected chi connectivity index (χ4v) is 2.60. The van der Waals surface area contributed by atoms with Gasteiger partial charge < -0.3 is 10.5 Å². The van der Waals surface area contributed by atoms with Gasteiger partial charge in [-0.15, -0.1) is 0 Å². The highest BCUT2D eigenvalue weighted by Gasteiger charge is 2.14. The van der Waals surface area contributed by atoms with Gasteiger partial charge >= 0.3 is 0 Å². The van der Waals surface area contributed by atoms with Crippen LogP contribution in [-0.4, -0.2) is 20.0 Å². The van der Waals surface area contributed by atoms with Crippen LogP contribution >= 0.6 is 0 Å². The van der Waals surface area contributed by atoms with Gasteiger partial charge in [0.2, 0.25) is 0 Å². The van der Waals surface area contributed by atoms with Crippen molar-refractivity contribution in [2.75, 3.05) is 17.1 Å². The van der Waals surface area contributed by atoms with E-state index in [1.807, 2.05) is 6.92 Å². The highest BCUT2D eigenvalue weighted by molar-refractivity contribution is 7.92. The van der Waals surface area contributed by atoms with Crippen LogP contribution in [0.3, 0.4) is 0 Å². The van der Waals surface area contributed by atoms with Gasteiger partial charge in [-0.1, -0.05) is 0 Å². The van der Waals surface area contributed by atoms with E-state index in [9.17, 15) is 8.42 Å². The first kappa shape index (κ1) is 14.1. The minimum Gasteiger partial charge on any atom is -0.494 e. The van der Waals surface area contributed by atoms with Gasteiger partial charge in [0.1, 0.15) is 11.6 Å². The molecule has 20 heavy (non-hydrogen) atoms. The number of benzene rings is 1. The number of sulfonamides is 1. The van der Waals surface area contributed by atoms with Gasteiger partial charge in [0, 0.05) is 0 Å². The zero-order chi connectivity index (χ0) is 14.6. The van der Waals surface area contributed by atoms with Gasteiger partial charge in [0.05, 0.1) is 23.4 Å². The molecule has 0 aliphatic rings. The summed E-state index contributed by atoms with van der Waals surface area (Å²) < 4.78 is 32.0. The zero-order valence-corrected chi connectivity index (χ0v) is 11.7. The molecule has 6 nitrogen and oxygen atoms in total. The topological polar surface area (TPSA) is 94.3 Å². The molecule has 1 aromatic heterocycles. The van der Waals surface area contributed by atoms with E-state index in [0.717, 1.165) is 0 Å². The maximum absolute atomic E-state index is 12.1. The molecule has 7 heteroatoms. The zero-order valence-electron chi connectivity index (χ0n) is 10.9. The molecule has 3 N–H and O–H groups in total. The SMILES string of the molecule is CCOc1ccc(S(=O)(=O)Nc2ccc(N)nc2)cc1. The maximum atomic E-state index is 12.1. The number of rotatable bonds is 5. The van der Waals surface area contributed by atoms with Crippen LogP contribution in [0.25, 0.3) is 0 Å². The van der Waals surface area contributed by atoms with E-state index in [-0.39, 0.29) is 4.90 Å². The van der Waals surface area contributed by atoms with E-state index >= 15 is 0 Å². The summed E-state index contributed by atoms with van der Waals surface area (Å²) in [6.45, 7) is 2.39. The van der Waals surface area contributed by atoms with E-state index in [4.69, 9.17) is 10.5 Å². The second-order valence-corrected chi connectivity index (χ2v) is 5.66. The summed E-state index contributed by atoms with van der Waals surface area (Å²) in [5.41, 5.74) is 5.80. The summed E-state index contributed by atoms with van der Waals surface area (Å²) >= 11 is 0. The number of nitrogen functional groups attached to an aromatic ring is 1. The van der Waals surface area contributed by atoms with Gasteiger partial charge in [-0.25, -0.2) is 13.4 Å². The van der Waals surface area contributed by atoms with E-state index in [0.29, 0.717) is 23.9 Å². The average molecular weight is 293 g/mol. The van der Waals surface area contributed by atoms with Crippen LogP contribution in [0.1, 0.15) is 6.92 Å². The predicted molar refractivity (Wildman–Crippen MR) is 77.1 cm³/mol. The Kier molecular flexibility index (Phi) is 4.09. The molecule has 0 fully saturated rings. The van der Waals surface area contributed by atoms with Gasteiger partial charge in [0.15, 0.2) is 0 Å². The normalized spacial score (nSPS) is 11.1. The second-order valence-electron chi connectivity index (χ2n) is 3.98. The number of anilines is 2. The summed E-state index contributed by atoms with van der Waals surface area (Å²) in [7, 11) is -3.64. The van der Waals surface area contributed by atoms with Crippen molar-refractivity contribution >= 4 is 21.5 Å². The number of aromatic nitrogens is 1. The number of pyridine rings is 1. The molecule has 106 valence electrons. The summed E-state index contributed by atoms with van der Waals surface area (Å²) in [5.74, 6) is 0.953. The van der Waals surface area contributed by atoms with Gasteiger partial charge in [-0.3, -0.25) is 4.72 Å². The summed E-state index contributed by atoms with van der Waals surface area (Å²) in [4.78, 5) is 3.98. The van der Waals surface area contributed by atoms with E-state index < -0.39 is 10.0 Å². The smallest absolute Gasteiger partial charge is 0.261 e. The number of nitrogens with one attached hydrogen (secondary N) is 1. The van der Waals surface area contributed by atoms with Crippen molar-refractivity contribution in [2.24, 2.45) is 0 Å². The van der Waals surface area contributed by atoms with Crippen molar-refractivity contribution in [3.05, 3.63) is 42.6 Å². The molecular weight excluding hydrogens is 278 g/mol. The molecule has 0 radical (unpaired) electrons. The minimum absolute atomic E-state index is 0.151. The quantitative estimate of drug-likeness (QED) is 0.877. The van der Waals surface area contributed by atoms with Crippen LogP contribution in [0.2, 0.25) is 0 Å². The Morgan fingerprint density at radius 3 is 2.45 bits per heavy atom. The van der Waals surface area contributed by atoms with Gasteiger partial charge in [-0.05, 0) is 43.3 Å².